The topological polar surface area (TPSA) is 58.4 Å². The van der Waals surface area contributed by atoms with E-state index < -0.39 is 0 Å². The molecule has 2 heterocycles. The molecule has 1 aliphatic rings. The summed E-state index contributed by atoms with van der Waals surface area (Å²) in [5.41, 5.74) is 1.75. The minimum Gasteiger partial charge on any atom is -0.423 e. The van der Waals surface area contributed by atoms with Gasteiger partial charge in [0, 0.05) is 26.1 Å². The highest BCUT2D eigenvalue weighted by molar-refractivity contribution is 5.75. The lowest BCUT2D eigenvalue weighted by atomic mass is 9.97. The van der Waals surface area contributed by atoms with Crippen molar-refractivity contribution in [2.45, 2.75) is 26.2 Å². The maximum atomic E-state index is 11.3. The van der Waals surface area contributed by atoms with Crippen molar-refractivity contribution in [1.82, 2.24) is 10.3 Å². The fourth-order valence-corrected chi connectivity index (χ4v) is 2.71. The number of aromatic nitrogens is 1. The van der Waals surface area contributed by atoms with Crippen LogP contribution in [0.25, 0.3) is 11.1 Å². The van der Waals surface area contributed by atoms with Gasteiger partial charge in [-0.15, -0.1) is 0 Å². The van der Waals surface area contributed by atoms with Crippen LogP contribution >= 0.6 is 0 Å². The van der Waals surface area contributed by atoms with Crippen molar-refractivity contribution < 1.29 is 9.21 Å². The Bertz CT molecular complexity index is 582. The molecule has 5 nitrogen and oxygen atoms in total. The molecule has 0 bridgehead atoms. The SMILES string of the molecule is CCC(=O)NCC1CCN(c2nc3ccccc3o2)CC1. The molecule has 1 fully saturated rings. The van der Waals surface area contributed by atoms with Crippen LogP contribution in [0, 0.1) is 5.92 Å². The standard InChI is InChI=1S/C16H21N3O2/c1-2-15(20)17-11-12-7-9-19(10-8-12)16-18-13-5-3-4-6-14(13)21-16/h3-6,12H,2,7-11H2,1H3,(H,17,20). The average molecular weight is 287 g/mol. The number of hydrogen-bond acceptors (Lipinski definition) is 4. The van der Waals surface area contributed by atoms with Gasteiger partial charge in [0.15, 0.2) is 5.58 Å². The molecule has 0 aliphatic carbocycles. The number of fused-ring (bicyclic) bond motifs is 1. The van der Waals surface area contributed by atoms with E-state index in [1.54, 1.807) is 0 Å². The first-order valence-corrected chi connectivity index (χ1v) is 7.63. The Morgan fingerprint density at radius 1 is 1.38 bits per heavy atom. The average Bonchev–Trinajstić information content (AvgIpc) is 2.97. The van der Waals surface area contributed by atoms with Crippen molar-refractivity contribution in [1.29, 1.82) is 0 Å². The molecule has 1 N–H and O–H groups in total. The molecule has 1 amide bonds. The number of carbonyl (C=O) groups is 1. The van der Waals surface area contributed by atoms with Crippen LogP contribution in [0.2, 0.25) is 0 Å². The van der Waals surface area contributed by atoms with E-state index in [-0.39, 0.29) is 5.91 Å². The van der Waals surface area contributed by atoms with Crippen LogP contribution in [0.4, 0.5) is 6.01 Å². The van der Waals surface area contributed by atoms with Gasteiger partial charge in [0.1, 0.15) is 5.52 Å². The highest BCUT2D eigenvalue weighted by Gasteiger charge is 2.22. The summed E-state index contributed by atoms with van der Waals surface area (Å²) in [6.07, 6.45) is 2.67. The fourth-order valence-electron chi connectivity index (χ4n) is 2.71. The summed E-state index contributed by atoms with van der Waals surface area (Å²) in [5.74, 6) is 0.692. The molecule has 1 aromatic carbocycles. The monoisotopic (exact) mass is 287 g/mol. The molecule has 5 heteroatoms. The van der Waals surface area contributed by atoms with Crippen molar-refractivity contribution >= 4 is 23.0 Å². The van der Waals surface area contributed by atoms with E-state index in [1.165, 1.54) is 0 Å². The van der Waals surface area contributed by atoms with E-state index in [0.29, 0.717) is 18.4 Å². The zero-order chi connectivity index (χ0) is 14.7. The maximum Gasteiger partial charge on any atom is 0.298 e. The summed E-state index contributed by atoms with van der Waals surface area (Å²) >= 11 is 0. The molecular weight excluding hydrogens is 266 g/mol. The van der Waals surface area contributed by atoms with Crippen LogP contribution in [-0.2, 0) is 4.79 Å². The van der Waals surface area contributed by atoms with Gasteiger partial charge in [-0.05, 0) is 30.9 Å². The Morgan fingerprint density at radius 3 is 2.86 bits per heavy atom. The lowest BCUT2D eigenvalue weighted by Gasteiger charge is -2.30. The van der Waals surface area contributed by atoms with Gasteiger partial charge in [0.05, 0.1) is 0 Å². The van der Waals surface area contributed by atoms with Crippen LogP contribution in [0.15, 0.2) is 28.7 Å². The van der Waals surface area contributed by atoms with Gasteiger partial charge in [-0.1, -0.05) is 19.1 Å². The number of amides is 1. The summed E-state index contributed by atoms with van der Waals surface area (Å²) in [6, 6.07) is 8.55. The minimum absolute atomic E-state index is 0.136. The third-order valence-electron chi connectivity index (χ3n) is 4.08. The van der Waals surface area contributed by atoms with Gasteiger partial charge in [-0.2, -0.15) is 4.98 Å². The third kappa shape index (κ3) is 3.17. The number of piperidine rings is 1. The van der Waals surface area contributed by atoms with Crippen molar-refractivity contribution in [2.24, 2.45) is 5.92 Å². The Balaban J connectivity index is 1.56. The minimum atomic E-state index is 0.136. The molecule has 1 saturated heterocycles. The zero-order valence-corrected chi connectivity index (χ0v) is 12.3. The second kappa shape index (κ2) is 6.16. The molecule has 1 aliphatic heterocycles. The highest BCUT2D eigenvalue weighted by Crippen LogP contribution is 2.25. The Kier molecular flexibility index (Phi) is 4.08. The fraction of sp³-hybridized carbons (Fsp3) is 0.500. The van der Waals surface area contributed by atoms with Crippen molar-refractivity contribution in [3.63, 3.8) is 0 Å². The van der Waals surface area contributed by atoms with E-state index in [0.717, 1.165) is 43.6 Å². The lowest BCUT2D eigenvalue weighted by Crippen LogP contribution is -2.38. The molecule has 0 radical (unpaired) electrons. The van der Waals surface area contributed by atoms with E-state index in [4.69, 9.17) is 4.42 Å². The Hall–Kier alpha value is -2.04. The number of nitrogens with one attached hydrogen (secondary N) is 1. The van der Waals surface area contributed by atoms with E-state index in [2.05, 4.69) is 15.2 Å². The zero-order valence-electron chi connectivity index (χ0n) is 12.3. The van der Waals surface area contributed by atoms with Crippen LogP contribution in [0.5, 0.6) is 0 Å². The number of nitrogens with zero attached hydrogens (tertiary/aromatic N) is 2. The third-order valence-corrected chi connectivity index (χ3v) is 4.08. The number of carbonyl (C=O) groups excluding carboxylic acids is 1. The first-order valence-electron chi connectivity index (χ1n) is 7.63. The molecule has 3 rings (SSSR count). The van der Waals surface area contributed by atoms with Crippen molar-refractivity contribution in [2.75, 3.05) is 24.5 Å². The van der Waals surface area contributed by atoms with Gasteiger partial charge in [-0.25, -0.2) is 0 Å². The van der Waals surface area contributed by atoms with E-state index in [9.17, 15) is 4.79 Å². The number of para-hydroxylation sites is 2. The van der Waals surface area contributed by atoms with Crippen LogP contribution < -0.4 is 10.2 Å². The van der Waals surface area contributed by atoms with E-state index >= 15 is 0 Å². The molecule has 0 atom stereocenters. The first kappa shape index (κ1) is 13.9. The normalized spacial score (nSPS) is 16.3. The number of rotatable bonds is 4. The molecule has 21 heavy (non-hydrogen) atoms. The Labute approximate surface area is 124 Å². The summed E-state index contributed by atoms with van der Waals surface area (Å²) < 4.78 is 5.80. The van der Waals surface area contributed by atoms with Crippen LogP contribution in [0.1, 0.15) is 26.2 Å². The van der Waals surface area contributed by atoms with Crippen molar-refractivity contribution in [3.05, 3.63) is 24.3 Å². The van der Waals surface area contributed by atoms with Gasteiger partial charge in [0.25, 0.3) is 6.01 Å². The highest BCUT2D eigenvalue weighted by atomic mass is 16.4. The lowest BCUT2D eigenvalue weighted by molar-refractivity contribution is -0.120. The smallest absolute Gasteiger partial charge is 0.298 e. The molecule has 0 unspecified atom stereocenters. The number of benzene rings is 1. The van der Waals surface area contributed by atoms with Gasteiger partial charge < -0.3 is 14.6 Å². The predicted molar refractivity (Wildman–Crippen MR) is 82.2 cm³/mol. The summed E-state index contributed by atoms with van der Waals surface area (Å²) in [7, 11) is 0. The number of anilines is 1. The second-order valence-corrected chi connectivity index (χ2v) is 5.55. The quantitative estimate of drug-likeness (QED) is 0.939. The maximum absolute atomic E-state index is 11.3. The van der Waals surface area contributed by atoms with Gasteiger partial charge >= 0.3 is 0 Å². The van der Waals surface area contributed by atoms with Gasteiger partial charge in [0.2, 0.25) is 5.91 Å². The molecule has 2 aromatic rings. The summed E-state index contributed by atoms with van der Waals surface area (Å²) in [6.45, 7) is 4.53. The molecular formula is C16H21N3O2. The van der Waals surface area contributed by atoms with E-state index in [1.807, 2.05) is 31.2 Å². The molecule has 0 spiro atoms. The van der Waals surface area contributed by atoms with Crippen LogP contribution in [-0.4, -0.2) is 30.5 Å². The predicted octanol–water partition coefficient (Wildman–Crippen LogP) is 2.57. The molecule has 0 saturated carbocycles. The van der Waals surface area contributed by atoms with Crippen LogP contribution in [0.3, 0.4) is 0 Å². The molecule has 1 aromatic heterocycles. The first-order chi connectivity index (χ1) is 10.3. The number of hydrogen-bond donors (Lipinski definition) is 1. The second-order valence-electron chi connectivity index (χ2n) is 5.55. The van der Waals surface area contributed by atoms with Crippen molar-refractivity contribution in [3.8, 4) is 0 Å². The Morgan fingerprint density at radius 2 is 2.14 bits per heavy atom. The van der Waals surface area contributed by atoms with Gasteiger partial charge in [-0.3, -0.25) is 4.79 Å². The largest absolute Gasteiger partial charge is 0.423 e. The number of oxazole rings is 1. The summed E-state index contributed by atoms with van der Waals surface area (Å²) in [4.78, 5) is 18.0. The summed E-state index contributed by atoms with van der Waals surface area (Å²) in [5, 5.41) is 2.98. The molecule has 112 valence electrons.